The summed E-state index contributed by atoms with van der Waals surface area (Å²) in [6.45, 7) is 8.15. The van der Waals surface area contributed by atoms with Crippen molar-refractivity contribution in [2.75, 3.05) is 6.54 Å². The number of aromatic nitrogens is 1. The Hall–Kier alpha value is -2.75. The van der Waals surface area contributed by atoms with E-state index in [1.807, 2.05) is 0 Å². The lowest BCUT2D eigenvalue weighted by Crippen LogP contribution is -2.42. The van der Waals surface area contributed by atoms with Crippen molar-refractivity contribution >= 4 is 11.9 Å². The Balaban J connectivity index is 0.00000139. The second-order valence-corrected chi connectivity index (χ2v) is 5.36. The molecule has 2 N–H and O–H groups in total. The number of amidine groups is 1. The van der Waals surface area contributed by atoms with E-state index in [-0.39, 0.29) is 23.8 Å². The first-order valence-electron chi connectivity index (χ1n) is 7.67. The molecule has 2 heterocycles. The summed E-state index contributed by atoms with van der Waals surface area (Å²) in [7, 11) is 0. The molecule has 7 heteroatoms. The third-order valence-electron chi connectivity index (χ3n) is 3.66. The molecule has 1 fully saturated rings. The first-order valence-corrected chi connectivity index (χ1v) is 7.67. The van der Waals surface area contributed by atoms with Crippen LogP contribution in [0.25, 0.3) is 0 Å². The molecule has 2 atom stereocenters. The number of likely N-dealkylation sites (tertiary alicyclic amines) is 1. The number of hydrogen-bond acceptors (Lipinski definition) is 4. The van der Waals surface area contributed by atoms with Crippen molar-refractivity contribution in [3.8, 4) is 6.07 Å². The van der Waals surface area contributed by atoms with Gasteiger partial charge in [0.15, 0.2) is 0 Å². The molecule has 2 amide bonds. The zero-order chi connectivity index (χ0) is 18.1. The summed E-state index contributed by atoms with van der Waals surface area (Å²) >= 11 is 0. The van der Waals surface area contributed by atoms with E-state index in [9.17, 15) is 9.18 Å². The summed E-state index contributed by atoms with van der Waals surface area (Å²) in [4.78, 5) is 17.4. The monoisotopic (exact) mass is 331 g/mol. The van der Waals surface area contributed by atoms with E-state index >= 15 is 0 Å². The number of nitriles is 1. The highest BCUT2D eigenvalue weighted by atomic mass is 19.1. The highest BCUT2D eigenvalue weighted by Crippen LogP contribution is 2.32. The number of carbonyl (C=O) groups excluding carboxylic acids is 1. The van der Waals surface area contributed by atoms with E-state index < -0.39 is 5.82 Å². The normalized spacial score (nSPS) is 17.5. The number of carbonyl (C=O) groups is 1. The second kappa shape index (κ2) is 9.40. The lowest BCUT2D eigenvalue weighted by molar-refractivity contribution is 0.211. The average Bonchev–Trinajstić information content (AvgIpc) is 2.98. The van der Waals surface area contributed by atoms with Crippen LogP contribution in [-0.4, -0.2) is 28.3 Å². The van der Waals surface area contributed by atoms with Crippen LogP contribution in [0.5, 0.6) is 0 Å². The van der Waals surface area contributed by atoms with Crippen LogP contribution in [-0.2, 0) is 0 Å². The standard InChI is InChI=1S/C15H18FN5O.C2H4/c1-10(7-17)4-5-20-15(22)21-13(2-3-14(21)18)11-6-12(16)9-19-8-11;1-2/h6,8-10,13,18H,2-5H2,1H3,(H,20,22);1-2H2. The summed E-state index contributed by atoms with van der Waals surface area (Å²) in [6.07, 6.45) is 4.21. The lowest BCUT2D eigenvalue weighted by atomic mass is 10.1. The van der Waals surface area contributed by atoms with E-state index in [0.29, 0.717) is 31.4 Å². The van der Waals surface area contributed by atoms with Gasteiger partial charge in [0.05, 0.1) is 18.3 Å². The molecule has 0 aromatic carbocycles. The fourth-order valence-electron chi connectivity index (χ4n) is 2.45. The van der Waals surface area contributed by atoms with Crippen molar-refractivity contribution in [1.29, 1.82) is 10.7 Å². The topological polar surface area (TPSA) is 92.9 Å². The highest BCUT2D eigenvalue weighted by Gasteiger charge is 2.34. The molecule has 24 heavy (non-hydrogen) atoms. The largest absolute Gasteiger partial charge is 0.338 e. The smallest absolute Gasteiger partial charge is 0.323 e. The minimum absolute atomic E-state index is 0.137. The van der Waals surface area contributed by atoms with Gasteiger partial charge < -0.3 is 5.32 Å². The summed E-state index contributed by atoms with van der Waals surface area (Å²) in [5, 5.41) is 19.4. The SMILES string of the molecule is C=C.CC(C#N)CCNC(=O)N1C(=N)CCC1c1cncc(F)c1. The van der Waals surface area contributed by atoms with Crippen molar-refractivity contribution in [3.05, 3.63) is 43.0 Å². The highest BCUT2D eigenvalue weighted by molar-refractivity contribution is 5.98. The maximum Gasteiger partial charge on any atom is 0.323 e. The molecule has 0 bridgehead atoms. The van der Waals surface area contributed by atoms with Crippen molar-refractivity contribution < 1.29 is 9.18 Å². The van der Waals surface area contributed by atoms with Gasteiger partial charge in [-0.05, 0) is 31.4 Å². The van der Waals surface area contributed by atoms with Gasteiger partial charge >= 0.3 is 6.03 Å². The Bertz CT molecular complexity index is 628. The van der Waals surface area contributed by atoms with Crippen LogP contribution < -0.4 is 5.32 Å². The minimum atomic E-state index is -0.459. The van der Waals surface area contributed by atoms with Crippen LogP contribution in [0.1, 0.15) is 37.8 Å². The van der Waals surface area contributed by atoms with Gasteiger partial charge in [0.25, 0.3) is 0 Å². The van der Waals surface area contributed by atoms with Gasteiger partial charge in [-0.15, -0.1) is 13.2 Å². The zero-order valence-electron chi connectivity index (χ0n) is 13.8. The molecule has 1 saturated heterocycles. The number of rotatable bonds is 4. The summed E-state index contributed by atoms with van der Waals surface area (Å²) in [5.74, 6) is -0.388. The lowest BCUT2D eigenvalue weighted by Gasteiger charge is -2.25. The Labute approximate surface area is 141 Å². The first kappa shape index (κ1) is 19.3. The molecular weight excluding hydrogens is 309 g/mol. The van der Waals surface area contributed by atoms with Crippen molar-refractivity contribution in [2.24, 2.45) is 5.92 Å². The first-order chi connectivity index (χ1) is 11.5. The number of nitrogens with zero attached hydrogens (tertiary/aromatic N) is 3. The fourth-order valence-corrected chi connectivity index (χ4v) is 2.45. The summed E-state index contributed by atoms with van der Waals surface area (Å²) < 4.78 is 13.3. The van der Waals surface area contributed by atoms with Crippen LogP contribution in [0.2, 0.25) is 0 Å². The van der Waals surface area contributed by atoms with Gasteiger partial charge in [0, 0.05) is 25.1 Å². The van der Waals surface area contributed by atoms with E-state index in [4.69, 9.17) is 10.7 Å². The van der Waals surface area contributed by atoms with Gasteiger partial charge in [-0.3, -0.25) is 15.3 Å². The zero-order valence-corrected chi connectivity index (χ0v) is 13.8. The molecule has 2 unspecified atom stereocenters. The fraction of sp³-hybridized carbons (Fsp3) is 0.412. The molecule has 0 aliphatic carbocycles. The Morgan fingerprint density at radius 3 is 2.96 bits per heavy atom. The average molecular weight is 331 g/mol. The Kier molecular flexibility index (Phi) is 7.56. The molecule has 1 aromatic heterocycles. The molecule has 0 radical (unpaired) electrons. The molecule has 1 aliphatic rings. The van der Waals surface area contributed by atoms with Crippen molar-refractivity contribution in [2.45, 2.75) is 32.2 Å². The van der Waals surface area contributed by atoms with Crippen LogP contribution in [0.15, 0.2) is 31.6 Å². The minimum Gasteiger partial charge on any atom is -0.338 e. The number of urea groups is 1. The Morgan fingerprint density at radius 1 is 1.62 bits per heavy atom. The second-order valence-electron chi connectivity index (χ2n) is 5.36. The van der Waals surface area contributed by atoms with Gasteiger partial charge in [-0.2, -0.15) is 5.26 Å². The molecule has 0 saturated carbocycles. The van der Waals surface area contributed by atoms with Crippen LogP contribution >= 0.6 is 0 Å². The molecule has 6 nitrogen and oxygen atoms in total. The van der Waals surface area contributed by atoms with E-state index in [1.54, 1.807) is 6.92 Å². The van der Waals surface area contributed by atoms with E-state index in [0.717, 1.165) is 6.20 Å². The molecular formula is C17H22FN5O. The third kappa shape index (κ3) is 4.88. The van der Waals surface area contributed by atoms with E-state index in [2.05, 4.69) is 29.5 Å². The van der Waals surface area contributed by atoms with Crippen molar-refractivity contribution in [1.82, 2.24) is 15.2 Å². The van der Waals surface area contributed by atoms with Crippen LogP contribution in [0.3, 0.4) is 0 Å². The van der Waals surface area contributed by atoms with Gasteiger partial charge in [-0.1, -0.05) is 0 Å². The molecule has 1 aromatic rings. The van der Waals surface area contributed by atoms with Crippen LogP contribution in [0, 0.1) is 28.5 Å². The number of halogens is 1. The third-order valence-corrected chi connectivity index (χ3v) is 3.66. The van der Waals surface area contributed by atoms with E-state index in [1.165, 1.54) is 17.2 Å². The number of amides is 2. The molecule has 128 valence electrons. The predicted molar refractivity (Wildman–Crippen MR) is 89.8 cm³/mol. The van der Waals surface area contributed by atoms with Gasteiger partial charge in [0.2, 0.25) is 0 Å². The van der Waals surface area contributed by atoms with Crippen molar-refractivity contribution in [3.63, 3.8) is 0 Å². The number of hydrogen-bond donors (Lipinski definition) is 2. The maximum atomic E-state index is 13.3. The molecule has 0 spiro atoms. The summed E-state index contributed by atoms with van der Waals surface area (Å²) in [5.41, 5.74) is 0.586. The molecule has 2 rings (SSSR count). The van der Waals surface area contributed by atoms with Gasteiger partial charge in [0.1, 0.15) is 11.7 Å². The van der Waals surface area contributed by atoms with Crippen LogP contribution in [0.4, 0.5) is 9.18 Å². The predicted octanol–water partition coefficient (Wildman–Crippen LogP) is 3.40. The quantitative estimate of drug-likeness (QED) is 0.828. The Morgan fingerprint density at radius 2 is 2.33 bits per heavy atom. The number of nitrogens with one attached hydrogen (secondary N) is 2. The molecule has 1 aliphatic heterocycles. The number of pyridine rings is 1. The summed E-state index contributed by atoms with van der Waals surface area (Å²) in [6, 6.07) is 2.68. The maximum absolute atomic E-state index is 13.3. The van der Waals surface area contributed by atoms with Gasteiger partial charge in [-0.25, -0.2) is 9.18 Å².